The van der Waals surface area contributed by atoms with Gasteiger partial charge in [-0.15, -0.1) is 0 Å². The summed E-state index contributed by atoms with van der Waals surface area (Å²) in [5, 5.41) is 22.8. The van der Waals surface area contributed by atoms with Gasteiger partial charge in [0.15, 0.2) is 0 Å². The molecule has 2 atom stereocenters. The number of imidazole rings is 1. The first-order valence-corrected chi connectivity index (χ1v) is 9.31. The quantitative estimate of drug-likeness (QED) is 0.691. The van der Waals surface area contributed by atoms with E-state index in [0.29, 0.717) is 22.5 Å². The second-order valence-corrected chi connectivity index (χ2v) is 7.47. The highest BCUT2D eigenvalue weighted by atomic mass is 19.1. The molecule has 0 saturated heterocycles. The summed E-state index contributed by atoms with van der Waals surface area (Å²) in [6.45, 7) is 1.73. The maximum absolute atomic E-state index is 14.6. The van der Waals surface area contributed by atoms with Gasteiger partial charge in [0.2, 0.25) is 5.91 Å². The van der Waals surface area contributed by atoms with Gasteiger partial charge in [0.05, 0.1) is 42.3 Å². The average molecular weight is 408 g/mol. The van der Waals surface area contributed by atoms with Crippen LogP contribution in [0.25, 0.3) is 0 Å². The van der Waals surface area contributed by atoms with Crippen molar-refractivity contribution in [3.63, 3.8) is 0 Å². The molecule has 30 heavy (non-hydrogen) atoms. The number of hydrogen-bond donors (Lipinski definition) is 2. The van der Waals surface area contributed by atoms with Crippen molar-refractivity contribution in [1.29, 1.82) is 5.26 Å². The van der Waals surface area contributed by atoms with Crippen molar-refractivity contribution in [2.45, 2.75) is 31.4 Å². The average Bonchev–Trinajstić information content (AvgIpc) is 3.28. The monoisotopic (exact) mass is 408 g/mol. The zero-order valence-corrected chi connectivity index (χ0v) is 16.1. The van der Waals surface area contributed by atoms with E-state index in [1.165, 1.54) is 36.8 Å². The van der Waals surface area contributed by atoms with Gasteiger partial charge in [0.25, 0.3) is 0 Å². The molecule has 152 valence electrons. The summed E-state index contributed by atoms with van der Waals surface area (Å²) in [6.07, 6.45) is 2.68. The van der Waals surface area contributed by atoms with Crippen LogP contribution in [0.3, 0.4) is 0 Å². The highest BCUT2D eigenvalue weighted by Gasteiger charge is 2.45. The normalized spacial score (nSPS) is 19.9. The maximum atomic E-state index is 14.6. The van der Waals surface area contributed by atoms with Crippen molar-refractivity contribution >= 4 is 11.6 Å². The predicted molar refractivity (Wildman–Crippen MR) is 104 cm³/mol. The summed E-state index contributed by atoms with van der Waals surface area (Å²) in [6, 6.07) is 9.52. The predicted octanol–water partition coefficient (Wildman–Crippen LogP) is 3.55. The molecule has 0 spiro atoms. The number of nitrogens with zero attached hydrogens (tertiary/aromatic N) is 3. The molecule has 0 fully saturated rings. The molecule has 1 aliphatic rings. The maximum Gasteiger partial charge on any atom is 0.227 e. The second-order valence-electron chi connectivity index (χ2n) is 7.47. The summed E-state index contributed by atoms with van der Waals surface area (Å²) in [5.74, 6) is -1.55. The van der Waals surface area contributed by atoms with Crippen molar-refractivity contribution in [3.05, 3.63) is 82.9 Å². The zero-order valence-electron chi connectivity index (χ0n) is 16.1. The van der Waals surface area contributed by atoms with E-state index in [1.54, 1.807) is 17.6 Å². The van der Waals surface area contributed by atoms with Crippen molar-refractivity contribution in [2.24, 2.45) is 0 Å². The minimum atomic E-state index is -1.58. The summed E-state index contributed by atoms with van der Waals surface area (Å²) in [5.41, 5.74) is 0.316. The van der Waals surface area contributed by atoms with Crippen LogP contribution in [0.4, 0.5) is 14.5 Å². The fourth-order valence-corrected chi connectivity index (χ4v) is 3.91. The Hall–Kier alpha value is -3.57. The first-order valence-electron chi connectivity index (χ1n) is 9.31. The SMILES string of the molecule is Cc1ccc(F)cc1NC(=O)CC1(O)CC(c2ccc(C#N)cc2F)n2cncc21. The van der Waals surface area contributed by atoms with E-state index in [9.17, 15) is 18.7 Å². The summed E-state index contributed by atoms with van der Waals surface area (Å²) < 4.78 is 29.7. The van der Waals surface area contributed by atoms with E-state index >= 15 is 0 Å². The number of amides is 1. The number of fused-ring (bicyclic) bond motifs is 1. The molecule has 2 unspecified atom stereocenters. The standard InChI is InChI=1S/C22H18F2N4O2/c1-13-2-4-15(23)7-18(13)27-21(29)9-22(30)8-19(28-12-26-11-20(22)28)16-5-3-14(10-25)6-17(16)24/h2-7,11-12,19,30H,8-9H2,1H3,(H,27,29). The third kappa shape index (κ3) is 3.44. The molecule has 3 aromatic rings. The lowest BCUT2D eigenvalue weighted by molar-refractivity contribution is -0.121. The molecule has 2 aromatic carbocycles. The second kappa shape index (κ2) is 7.35. The van der Waals surface area contributed by atoms with Crippen LogP contribution in [-0.4, -0.2) is 20.6 Å². The van der Waals surface area contributed by atoms with Gasteiger partial charge in [-0.3, -0.25) is 4.79 Å². The van der Waals surface area contributed by atoms with Gasteiger partial charge < -0.3 is 15.0 Å². The fraction of sp³-hybridized carbons (Fsp3) is 0.227. The van der Waals surface area contributed by atoms with Gasteiger partial charge in [-0.25, -0.2) is 13.8 Å². The number of nitriles is 1. The Morgan fingerprint density at radius 3 is 2.90 bits per heavy atom. The largest absolute Gasteiger partial charge is 0.383 e. The molecule has 2 heterocycles. The fourth-order valence-electron chi connectivity index (χ4n) is 3.91. The first-order chi connectivity index (χ1) is 14.3. The molecular formula is C22H18F2N4O2. The zero-order chi connectivity index (χ0) is 21.5. The Labute approximate surface area is 171 Å². The van der Waals surface area contributed by atoms with Crippen LogP contribution in [0, 0.1) is 29.9 Å². The van der Waals surface area contributed by atoms with E-state index in [1.807, 2.05) is 6.07 Å². The van der Waals surface area contributed by atoms with Gasteiger partial charge in [-0.2, -0.15) is 5.26 Å². The number of carbonyl (C=O) groups excluding carboxylic acids is 1. The Morgan fingerprint density at radius 1 is 1.37 bits per heavy atom. The third-order valence-electron chi connectivity index (χ3n) is 5.42. The van der Waals surface area contributed by atoms with Gasteiger partial charge in [-0.1, -0.05) is 12.1 Å². The molecule has 1 aliphatic heterocycles. The van der Waals surface area contributed by atoms with Crippen LogP contribution in [0.2, 0.25) is 0 Å². The Balaban J connectivity index is 1.60. The first kappa shape index (κ1) is 19.7. The van der Waals surface area contributed by atoms with E-state index in [4.69, 9.17) is 5.26 Å². The van der Waals surface area contributed by atoms with Crippen molar-refractivity contribution in [1.82, 2.24) is 9.55 Å². The molecule has 0 bridgehead atoms. The number of anilines is 1. The highest BCUT2D eigenvalue weighted by Crippen LogP contribution is 2.45. The highest BCUT2D eigenvalue weighted by molar-refractivity contribution is 5.92. The van der Waals surface area contributed by atoms with Gasteiger partial charge in [-0.05, 0) is 36.8 Å². The number of halogens is 2. The molecule has 0 aliphatic carbocycles. The Kier molecular flexibility index (Phi) is 4.84. The van der Waals surface area contributed by atoms with Crippen LogP contribution in [0.1, 0.15) is 41.3 Å². The van der Waals surface area contributed by atoms with Crippen LogP contribution >= 0.6 is 0 Å². The van der Waals surface area contributed by atoms with Crippen LogP contribution in [0.5, 0.6) is 0 Å². The van der Waals surface area contributed by atoms with E-state index in [-0.39, 0.29) is 18.4 Å². The van der Waals surface area contributed by atoms with Crippen molar-refractivity contribution in [2.75, 3.05) is 5.32 Å². The minimum Gasteiger partial charge on any atom is -0.383 e. The Morgan fingerprint density at radius 2 is 2.17 bits per heavy atom. The summed E-state index contributed by atoms with van der Waals surface area (Å²) in [7, 11) is 0. The molecule has 4 rings (SSSR count). The molecule has 8 heteroatoms. The number of rotatable bonds is 4. The topological polar surface area (TPSA) is 90.9 Å². The molecule has 0 saturated carbocycles. The number of benzene rings is 2. The smallest absolute Gasteiger partial charge is 0.227 e. The molecular weight excluding hydrogens is 390 g/mol. The van der Waals surface area contributed by atoms with Crippen molar-refractivity contribution < 1.29 is 18.7 Å². The number of nitrogens with one attached hydrogen (secondary N) is 1. The summed E-state index contributed by atoms with van der Waals surface area (Å²) in [4.78, 5) is 16.7. The van der Waals surface area contributed by atoms with Gasteiger partial charge in [0.1, 0.15) is 17.2 Å². The molecule has 1 amide bonds. The molecule has 1 aromatic heterocycles. The van der Waals surface area contributed by atoms with E-state index in [2.05, 4.69) is 10.3 Å². The molecule has 2 N–H and O–H groups in total. The number of carbonyl (C=O) groups is 1. The minimum absolute atomic E-state index is 0.0588. The van der Waals surface area contributed by atoms with Crippen LogP contribution < -0.4 is 5.32 Å². The lowest BCUT2D eigenvalue weighted by Crippen LogP contribution is -2.30. The van der Waals surface area contributed by atoms with E-state index < -0.39 is 29.2 Å². The lowest BCUT2D eigenvalue weighted by atomic mass is 9.89. The number of aliphatic hydroxyl groups is 1. The van der Waals surface area contributed by atoms with Gasteiger partial charge >= 0.3 is 0 Å². The Bertz CT molecular complexity index is 1180. The number of hydrogen-bond acceptors (Lipinski definition) is 4. The van der Waals surface area contributed by atoms with Gasteiger partial charge in [0, 0.05) is 17.7 Å². The third-order valence-corrected chi connectivity index (χ3v) is 5.42. The summed E-state index contributed by atoms with van der Waals surface area (Å²) >= 11 is 0. The van der Waals surface area contributed by atoms with Crippen LogP contribution in [-0.2, 0) is 10.4 Å². The van der Waals surface area contributed by atoms with Crippen molar-refractivity contribution in [3.8, 4) is 6.07 Å². The molecule has 6 nitrogen and oxygen atoms in total. The number of aryl methyl sites for hydroxylation is 1. The van der Waals surface area contributed by atoms with E-state index in [0.717, 1.165) is 6.07 Å². The van der Waals surface area contributed by atoms with Crippen LogP contribution in [0.15, 0.2) is 48.9 Å². The molecule has 0 radical (unpaired) electrons. The number of aromatic nitrogens is 2. The lowest BCUT2D eigenvalue weighted by Gasteiger charge is -2.22.